The van der Waals surface area contributed by atoms with E-state index in [9.17, 15) is 4.79 Å². The van der Waals surface area contributed by atoms with E-state index in [-0.39, 0.29) is 18.1 Å². The minimum Gasteiger partial charge on any atom is -0.372 e. The number of carbonyl (C=O) groups excluding carboxylic acids is 1. The van der Waals surface area contributed by atoms with Gasteiger partial charge in [0, 0.05) is 31.9 Å². The van der Waals surface area contributed by atoms with Crippen LogP contribution in [0.15, 0.2) is 24.5 Å². The molecular formula is C20H26N4O2S. The van der Waals surface area contributed by atoms with Gasteiger partial charge in [0.05, 0.1) is 29.3 Å². The van der Waals surface area contributed by atoms with E-state index in [1.54, 1.807) is 23.7 Å². The van der Waals surface area contributed by atoms with E-state index in [1.807, 2.05) is 12.1 Å². The van der Waals surface area contributed by atoms with Crippen LogP contribution in [0.5, 0.6) is 0 Å². The Morgan fingerprint density at radius 3 is 2.63 bits per heavy atom. The van der Waals surface area contributed by atoms with E-state index < -0.39 is 0 Å². The van der Waals surface area contributed by atoms with Crippen LogP contribution in [0.4, 0.5) is 5.13 Å². The highest BCUT2D eigenvalue weighted by Gasteiger charge is 2.27. The second kappa shape index (κ2) is 7.94. The lowest BCUT2D eigenvalue weighted by Gasteiger charge is -2.35. The topological polar surface area (TPSA) is 67.4 Å². The molecule has 6 nitrogen and oxygen atoms in total. The van der Waals surface area contributed by atoms with Crippen molar-refractivity contribution in [3.05, 3.63) is 30.2 Å². The number of anilines is 1. The first kappa shape index (κ1) is 18.4. The number of aromatic nitrogens is 2. The van der Waals surface area contributed by atoms with E-state index in [1.165, 1.54) is 12.8 Å². The summed E-state index contributed by atoms with van der Waals surface area (Å²) < 4.78 is 5.85. The minimum atomic E-state index is 0.126. The summed E-state index contributed by atoms with van der Waals surface area (Å²) in [5, 5.41) is 4.06. The lowest BCUT2D eigenvalue weighted by atomic mass is 10.2. The molecule has 27 heavy (non-hydrogen) atoms. The van der Waals surface area contributed by atoms with Crippen LogP contribution in [0.25, 0.3) is 10.4 Å². The first-order chi connectivity index (χ1) is 13.1. The van der Waals surface area contributed by atoms with E-state index in [0.717, 1.165) is 34.4 Å². The number of carbonyl (C=O) groups is 1. The van der Waals surface area contributed by atoms with Crippen molar-refractivity contribution < 1.29 is 9.53 Å². The highest BCUT2D eigenvalue weighted by molar-refractivity contribution is 7.19. The van der Waals surface area contributed by atoms with Crippen molar-refractivity contribution >= 4 is 22.4 Å². The number of amides is 1. The normalized spacial score (nSPS) is 22.7. The van der Waals surface area contributed by atoms with Crippen molar-refractivity contribution in [3.8, 4) is 10.4 Å². The lowest BCUT2D eigenvalue weighted by Crippen LogP contribution is -2.45. The summed E-state index contributed by atoms with van der Waals surface area (Å²) in [6.45, 7) is 6.33. The van der Waals surface area contributed by atoms with Crippen molar-refractivity contribution in [2.24, 2.45) is 5.92 Å². The predicted octanol–water partition coefficient (Wildman–Crippen LogP) is 3.24. The molecule has 2 aliphatic rings. The third-order valence-electron chi connectivity index (χ3n) is 4.94. The zero-order valence-corrected chi connectivity index (χ0v) is 16.7. The molecule has 3 heterocycles. The van der Waals surface area contributed by atoms with Crippen molar-refractivity contribution in [2.75, 3.05) is 18.0 Å². The monoisotopic (exact) mass is 386 g/mol. The summed E-state index contributed by atoms with van der Waals surface area (Å²) >= 11 is 1.68. The van der Waals surface area contributed by atoms with Crippen LogP contribution in [0.3, 0.4) is 0 Å². The van der Waals surface area contributed by atoms with E-state index in [2.05, 4.69) is 29.0 Å². The number of nitrogens with zero attached hydrogens (tertiary/aromatic N) is 3. The Morgan fingerprint density at radius 1 is 1.26 bits per heavy atom. The molecule has 144 valence electrons. The Hall–Kier alpha value is -1.99. The summed E-state index contributed by atoms with van der Waals surface area (Å²) in [6.07, 6.45) is 6.97. The summed E-state index contributed by atoms with van der Waals surface area (Å²) in [6, 6.07) is 3.99. The molecule has 4 rings (SSSR count). The molecule has 2 aromatic rings. The van der Waals surface area contributed by atoms with Gasteiger partial charge in [-0.05, 0) is 50.3 Å². The van der Waals surface area contributed by atoms with E-state index >= 15 is 0 Å². The Bertz CT molecular complexity index is 781. The molecule has 1 aliphatic carbocycles. The predicted molar refractivity (Wildman–Crippen MR) is 107 cm³/mol. The van der Waals surface area contributed by atoms with Crippen LogP contribution in [-0.2, 0) is 16.1 Å². The van der Waals surface area contributed by atoms with Gasteiger partial charge in [-0.3, -0.25) is 9.78 Å². The summed E-state index contributed by atoms with van der Waals surface area (Å²) in [5.74, 6) is 0.716. The maximum Gasteiger partial charge on any atom is 0.220 e. The summed E-state index contributed by atoms with van der Waals surface area (Å²) in [5.41, 5.74) is 2.02. The van der Waals surface area contributed by atoms with Crippen LogP contribution in [0.2, 0.25) is 0 Å². The average molecular weight is 387 g/mol. The zero-order valence-electron chi connectivity index (χ0n) is 15.9. The number of morpholine rings is 1. The van der Waals surface area contributed by atoms with Gasteiger partial charge >= 0.3 is 0 Å². The van der Waals surface area contributed by atoms with Crippen LogP contribution in [0.1, 0.15) is 38.8 Å². The largest absolute Gasteiger partial charge is 0.372 e. The minimum absolute atomic E-state index is 0.126. The Balaban J connectivity index is 1.55. The molecule has 0 unspecified atom stereocenters. The third kappa shape index (κ3) is 4.65. The number of rotatable bonds is 6. The Morgan fingerprint density at radius 2 is 1.96 bits per heavy atom. The first-order valence-electron chi connectivity index (χ1n) is 9.65. The lowest BCUT2D eigenvalue weighted by molar-refractivity contribution is -0.121. The quantitative estimate of drug-likeness (QED) is 0.826. The van der Waals surface area contributed by atoms with E-state index in [0.29, 0.717) is 18.9 Å². The van der Waals surface area contributed by atoms with Gasteiger partial charge < -0.3 is 15.0 Å². The van der Waals surface area contributed by atoms with Crippen molar-refractivity contribution in [1.29, 1.82) is 0 Å². The fourth-order valence-corrected chi connectivity index (χ4v) is 4.60. The number of nitrogens with one attached hydrogen (secondary N) is 1. The standard InChI is InChI=1S/C20H26N4O2S/c1-13-11-24(12-14(2)26-13)20-23-17(10-22-18(25)9-15-3-4-15)19(27-20)16-5-7-21-8-6-16/h5-8,13-15H,3-4,9-12H2,1-2H3,(H,22,25)/t13-,14+. The fourth-order valence-electron chi connectivity index (χ4n) is 3.50. The molecule has 0 radical (unpaired) electrons. The highest BCUT2D eigenvalue weighted by atomic mass is 32.1. The maximum atomic E-state index is 12.1. The molecule has 2 aromatic heterocycles. The van der Waals surface area contributed by atoms with E-state index in [4.69, 9.17) is 9.72 Å². The van der Waals surface area contributed by atoms with Gasteiger partial charge in [-0.1, -0.05) is 11.3 Å². The maximum absolute atomic E-state index is 12.1. The number of pyridine rings is 1. The van der Waals surface area contributed by atoms with Crippen LogP contribution in [0, 0.1) is 5.92 Å². The average Bonchev–Trinajstić information content (AvgIpc) is 3.35. The molecule has 1 N–H and O–H groups in total. The fraction of sp³-hybridized carbons (Fsp3) is 0.550. The van der Waals surface area contributed by atoms with Gasteiger partial charge in [0.1, 0.15) is 0 Å². The van der Waals surface area contributed by atoms with Crippen molar-refractivity contribution in [3.63, 3.8) is 0 Å². The van der Waals surface area contributed by atoms with Crippen LogP contribution < -0.4 is 10.2 Å². The summed E-state index contributed by atoms with van der Waals surface area (Å²) in [4.78, 5) is 24.6. The molecule has 0 aromatic carbocycles. The number of thiazole rings is 1. The molecule has 1 amide bonds. The van der Waals surface area contributed by atoms with Gasteiger partial charge in [0.2, 0.25) is 5.91 Å². The molecule has 0 bridgehead atoms. The summed E-state index contributed by atoms with van der Waals surface area (Å²) in [7, 11) is 0. The first-order valence-corrected chi connectivity index (χ1v) is 10.5. The molecule has 1 saturated heterocycles. The highest BCUT2D eigenvalue weighted by Crippen LogP contribution is 2.36. The van der Waals surface area contributed by atoms with Gasteiger partial charge in [-0.2, -0.15) is 0 Å². The van der Waals surface area contributed by atoms with Crippen LogP contribution >= 0.6 is 11.3 Å². The zero-order chi connectivity index (χ0) is 18.8. The Labute approximate surface area is 164 Å². The molecular weight excluding hydrogens is 360 g/mol. The number of hydrogen-bond donors (Lipinski definition) is 1. The van der Waals surface area contributed by atoms with Gasteiger partial charge in [0.15, 0.2) is 5.13 Å². The SMILES string of the molecule is C[C@@H]1CN(c2nc(CNC(=O)CC3CC3)c(-c3ccncc3)s2)C[C@H](C)O1. The number of ether oxygens (including phenoxy) is 1. The second-order valence-electron chi connectivity index (χ2n) is 7.59. The second-order valence-corrected chi connectivity index (χ2v) is 8.57. The molecule has 2 atom stereocenters. The van der Waals surface area contributed by atoms with Gasteiger partial charge in [0.25, 0.3) is 0 Å². The van der Waals surface area contributed by atoms with Gasteiger partial charge in [-0.25, -0.2) is 4.98 Å². The molecule has 1 aliphatic heterocycles. The smallest absolute Gasteiger partial charge is 0.220 e. The van der Waals surface area contributed by atoms with Crippen molar-refractivity contribution in [2.45, 2.75) is 51.9 Å². The van der Waals surface area contributed by atoms with Crippen LogP contribution in [-0.4, -0.2) is 41.2 Å². The molecule has 0 spiro atoms. The molecule has 7 heteroatoms. The number of hydrogen-bond acceptors (Lipinski definition) is 6. The molecule has 1 saturated carbocycles. The van der Waals surface area contributed by atoms with Crippen molar-refractivity contribution in [1.82, 2.24) is 15.3 Å². The third-order valence-corrected chi connectivity index (χ3v) is 6.15. The van der Waals surface area contributed by atoms with Gasteiger partial charge in [-0.15, -0.1) is 0 Å². The molecule has 2 fully saturated rings. The Kier molecular flexibility index (Phi) is 5.41.